The maximum atomic E-state index is 13.3. The van der Waals surface area contributed by atoms with Crippen LogP contribution >= 0.6 is 11.6 Å². The van der Waals surface area contributed by atoms with E-state index in [4.69, 9.17) is 26.1 Å². The van der Waals surface area contributed by atoms with Crippen molar-refractivity contribution in [2.24, 2.45) is 5.92 Å². The maximum absolute atomic E-state index is 13.3. The molecule has 1 aromatic carbocycles. The Labute approximate surface area is 194 Å². The van der Waals surface area contributed by atoms with Crippen molar-refractivity contribution in [3.63, 3.8) is 0 Å². The monoisotopic (exact) mass is 461 g/mol. The Hall–Kier alpha value is -2.12. The summed E-state index contributed by atoms with van der Waals surface area (Å²) >= 11 is 6.20. The zero-order valence-corrected chi connectivity index (χ0v) is 19.9. The number of amides is 1. The fourth-order valence-corrected chi connectivity index (χ4v) is 4.76. The van der Waals surface area contributed by atoms with Crippen LogP contribution in [-0.2, 0) is 27.2 Å². The van der Waals surface area contributed by atoms with Crippen molar-refractivity contribution in [1.29, 1.82) is 0 Å². The summed E-state index contributed by atoms with van der Waals surface area (Å²) in [5, 5.41) is 0.623. The summed E-state index contributed by atoms with van der Waals surface area (Å²) < 4.78 is 13.2. The molecule has 2 aromatic rings. The molecule has 0 unspecified atom stereocenters. The Morgan fingerprint density at radius 3 is 2.69 bits per heavy atom. The van der Waals surface area contributed by atoms with Gasteiger partial charge in [-0.05, 0) is 70.6 Å². The fraction of sp³-hybridized carbons (Fsp3) is 0.625. The minimum atomic E-state index is -0.593. The predicted octanol–water partition coefficient (Wildman–Crippen LogP) is 4.63. The number of carbonyl (C=O) groups is 2. The van der Waals surface area contributed by atoms with E-state index in [1.54, 1.807) is 4.90 Å². The van der Waals surface area contributed by atoms with Gasteiger partial charge in [0, 0.05) is 31.3 Å². The smallest absolute Gasteiger partial charge is 0.410 e. The molecule has 0 radical (unpaired) electrons. The van der Waals surface area contributed by atoms with Crippen LogP contribution in [-0.4, -0.2) is 57.7 Å². The lowest BCUT2D eigenvalue weighted by Crippen LogP contribution is -2.44. The van der Waals surface area contributed by atoms with Gasteiger partial charge in [0.25, 0.3) is 0 Å². The molecule has 1 amide bonds. The molecule has 0 bridgehead atoms. The molecule has 4 rings (SSSR count). The molecule has 0 aliphatic carbocycles. The van der Waals surface area contributed by atoms with Gasteiger partial charge in [-0.3, -0.25) is 9.69 Å². The molecule has 2 saturated heterocycles. The normalized spacial score (nSPS) is 20.1. The molecule has 0 saturated carbocycles. The third-order valence-corrected chi connectivity index (χ3v) is 6.39. The Bertz CT molecular complexity index is 991. The first-order valence-corrected chi connectivity index (χ1v) is 11.8. The Morgan fingerprint density at radius 1 is 1.22 bits per heavy atom. The van der Waals surface area contributed by atoms with Crippen molar-refractivity contribution in [3.8, 4) is 0 Å². The highest BCUT2D eigenvalue weighted by Gasteiger charge is 2.37. The highest BCUT2D eigenvalue weighted by molar-refractivity contribution is 6.31. The summed E-state index contributed by atoms with van der Waals surface area (Å²) in [6.45, 7) is 8.38. The van der Waals surface area contributed by atoms with E-state index in [9.17, 15) is 9.59 Å². The van der Waals surface area contributed by atoms with Crippen molar-refractivity contribution in [2.45, 2.75) is 71.1 Å². The van der Waals surface area contributed by atoms with Gasteiger partial charge in [0.1, 0.15) is 11.4 Å². The summed E-state index contributed by atoms with van der Waals surface area (Å²) in [5.74, 6) is 1.22. The third-order valence-electron chi connectivity index (χ3n) is 6.16. The number of halogens is 1. The van der Waals surface area contributed by atoms with Crippen molar-refractivity contribution < 1.29 is 19.1 Å². The number of imidazole rings is 1. The molecular weight excluding hydrogens is 430 g/mol. The summed E-state index contributed by atoms with van der Waals surface area (Å²) in [6.07, 6.45) is 3.20. The molecule has 2 aliphatic heterocycles. The summed E-state index contributed by atoms with van der Waals surface area (Å²) in [6, 6.07) is 5.21. The van der Waals surface area contributed by atoms with Gasteiger partial charge >= 0.3 is 6.09 Å². The largest absolute Gasteiger partial charge is 0.444 e. The molecule has 3 heterocycles. The zero-order valence-electron chi connectivity index (χ0n) is 19.1. The number of aromatic nitrogens is 2. The molecule has 0 spiro atoms. The SMILES string of the molecule is CC(C)(C)OC(=O)N1CCC[C@H]1C(=O)Cc1nc2cc(Cl)ccc2n1CC1CCOCC1. The van der Waals surface area contributed by atoms with E-state index in [1.165, 1.54) is 0 Å². The first kappa shape index (κ1) is 23.1. The van der Waals surface area contributed by atoms with E-state index in [-0.39, 0.29) is 12.2 Å². The van der Waals surface area contributed by atoms with E-state index < -0.39 is 17.7 Å². The number of hydrogen-bond donors (Lipinski definition) is 0. The second-order valence-corrected chi connectivity index (χ2v) is 10.2. The number of rotatable bonds is 5. The molecule has 1 atom stereocenters. The zero-order chi connectivity index (χ0) is 22.9. The number of Topliss-reactive ketones (excluding diaryl/α,β-unsaturated/α-hetero) is 1. The molecule has 174 valence electrons. The van der Waals surface area contributed by atoms with E-state index in [0.717, 1.165) is 55.9 Å². The Balaban J connectivity index is 1.56. The lowest BCUT2D eigenvalue weighted by molar-refractivity contribution is -0.122. The van der Waals surface area contributed by atoms with Gasteiger partial charge in [0.2, 0.25) is 0 Å². The number of benzene rings is 1. The van der Waals surface area contributed by atoms with E-state index >= 15 is 0 Å². The maximum Gasteiger partial charge on any atom is 0.410 e. The van der Waals surface area contributed by atoms with E-state index in [1.807, 2.05) is 39.0 Å². The number of ketones is 1. The van der Waals surface area contributed by atoms with Crippen LogP contribution in [0.5, 0.6) is 0 Å². The van der Waals surface area contributed by atoms with Gasteiger partial charge in [0.05, 0.1) is 23.5 Å². The van der Waals surface area contributed by atoms with Crippen LogP contribution in [0.3, 0.4) is 0 Å². The third kappa shape index (κ3) is 5.26. The van der Waals surface area contributed by atoms with Crippen LogP contribution in [0, 0.1) is 5.92 Å². The van der Waals surface area contributed by atoms with Gasteiger partial charge in [-0.15, -0.1) is 0 Å². The highest BCUT2D eigenvalue weighted by atomic mass is 35.5. The Kier molecular flexibility index (Phi) is 6.77. The van der Waals surface area contributed by atoms with Crippen LogP contribution in [0.4, 0.5) is 4.79 Å². The van der Waals surface area contributed by atoms with Gasteiger partial charge in [-0.25, -0.2) is 9.78 Å². The molecule has 2 fully saturated rings. The van der Waals surface area contributed by atoms with Crippen molar-refractivity contribution in [3.05, 3.63) is 29.0 Å². The lowest BCUT2D eigenvalue weighted by atomic mass is 10.00. The topological polar surface area (TPSA) is 73.7 Å². The number of fused-ring (bicyclic) bond motifs is 1. The minimum absolute atomic E-state index is 0.00277. The highest BCUT2D eigenvalue weighted by Crippen LogP contribution is 2.27. The number of nitrogens with zero attached hydrogens (tertiary/aromatic N) is 3. The van der Waals surface area contributed by atoms with Gasteiger partial charge in [0.15, 0.2) is 5.78 Å². The predicted molar refractivity (Wildman–Crippen MR) is 123 cm³/mol. The van der Waals surface area contributed by atoms with E-state index in [2.05, 4.69) is 4.57 Å². The standard InChI is InChI=1S/C24H32ClN3O4/c1-24(2,3)32-23(30)27-10-4-5-20(27)21(29)14-22-26-18-13-17(25)6-7-19(18)28(22)15-16-8-11-31-12-9-16/h6-7,13,16,20H,4-5,8-12,14-15H2,1-3H3/t20-/m0/s1. The van der Waals surface area contributed by atoms with Crippen molar-refractivity contribution in [2.75, 3.05) is 19.8 Å². The fourth-order valence-electron chi connectivity index (χ4n) is 4.59. The number of carbonyl (C=O) groups excluding carboxylic acids is 2. The molecule has 7 nitrogen and oxygen atoms in total. The number of hydrogen-bond acceptors (Lipinski definition) is 5. The van der Waals surface area contributed by atoms with Gasteiger partial charge in [-0.1, -0.05) is 11.6 Å². The molecule has 32 heavy (non-hydrogen) atoms. The molecule has 2 aliphatic rings. The minimum Gasteiger partial charge on any atom is -0.444 e. The second kappa shape index (κ2) is 9.40. The van der Waals surface area contributed by atoms with Gasteiger partial charge < -0.3 is 14.0 Å². The molecule has 8 heteroatoms. The summed E-state index contributed by atoms with van der Waals surface area (Å²) in [7, 11) is 0. The molecular formula is C24H32ClN3O4. The van der Waals surface area contributed by atoms with Gasteiger partial charge in [-0.2, -0.15) is 0 Å². The Morgan fingerprint density at radius 2 is 1.97 bits per heavy atom. The average molecular weight is 462 g/mol. The van der Waals surface area contributed by atoms with Crippen LogP contribution in [0.1, 0.15) is 52.3 Å². The molecule has 1 aromatic heterocycles. The average Bonchev–Trinajstić information content (AvgIpc) is 3.33. The van der Waals surface area contributed by atoms with E-state index in [0.29, 0.717) is 23.9 Å². The second-order valence-electron chi connectivity index (χ2n) is 9.80. The number of likely N-dealkylation sites (tertiary alicyclic amines) is 1. The number of ether oxygens (including phenoxy) is 2. The van der Waals surface area contributed by atoms with Crippen LogP contribution < -0.4 is 0 Å². The van der Waals surface area contributed by atoms with Crippen LogP contribution in [0.25, 0.3) is 11.0 Å². The summed E-state index contributed by atoms with van der Waals surface area (Å²) in [4.78, 5) is 32.3. The van der Waals surface area contributed by atoms with Crippen LogP contribution in [0.2, 0.25) is 5.02 Å². The lowest BCUT2D eigenvalue weighted by Gasteiger charge is -2.28. The summed E-state index contributed by atoms with van der Waals surface area (Å²) in [5.41, 5.74) is 1.19. The van der Waals surface area contributed by atoms with Crippen molar-refractivity contribution in [1.82, 2.24) is 14.5 Å². The quantitative estimate of drug-likeness (QED) is 0.649. The van der Waals surface area contributed by atoms with Crippen molar-refractivity contribution >= 4 is 34.5 Å². The first-order valence-electron chi connectivity index (χ1n) is 11.5. The van der Waals surface area contributed by atoms with Crippen LogP contribution in [0.15, 0.2) is 18.2 Å². The first-order chi connectivity index (χ1) is 15.2. The molecule has 0 N–H and O–H groups in total.